The third kappa shape index (κ3) is 4.41. The van der Waals surface area contributed by atoms with Gasteiger partial charge in [-0.25, -0.2) is 0 Å². The average molecular weight is 320 g/mol. The zero-order valence-electron chi connectivity index (χ0n) is 10.5. The van der Waals surface area contributed by atoms with Crippen LogP contribution >= 0.6 is 15.9 Å². The molecule has 98 valence electrons. The quantitative estimate of drug-likeness (QED) is 0.931. The number of ether oxygens (including phenoxy) is 1. The van der Waals surface area contributed by atoms with Gasteiger partial charge in [0.25, 0.3) is 5.91 Å². The molecule has 2 aromatic rings. The Labute approximate surface area is 120 Å². The van der Waals surface area contributed by atoms with Crippen LogP contribution < -0.4 is 10.1 Å². The number of carbonyl (C=O) groups excluding carboxylic acids is 1. The van der Waals surface area contributed by atoms with Crippen molar-refractivity contribution in [1.29, 1.82) is 0 Å². The summed E-state index contributed by atoms with van der Waals surface area (Å²) >= 11 is 3.34. The molecule has 0 atom stereocenters. The lowest BCUT2D eigenvalue weighted by molar-refractivity contribution is -0.118. The van der Waals surface area contributed by atoms with Gasteiger partial charge >= 0.3 is 0 Å². The molecule has 0 heterocycles. The Hall–Kier alpha value is -1.81. The maximum atomic E-state index is 11.7. The van der Waals surface area contributed by atoms with Crippen LogP contribution in [0.1, 0.15) is 5.56 Å². The molecule has 2 aromatic carbocycles. The van der Waals surface area contributed by atoms with Crippen molar-refractivity contribution in [2.75, 3.05) is 11.9 Å². The second-order valence-electron chi connectivity index (χ2n) is 4.16. The predicted octanol–water partition coefficient (Wildman–Crippen LogP) is 3.78. The zero-order chi connectivity index (χ0) is 13.7. The van der Waals surface area contributed by atoms with E-state index in [-0.39, 0.29) is 12.5 Å². The van der Waals surface area contributed by atoms with Crippen LogP contribution in [0.15, 0.2) is 53.0 Å². The molecule has 0 aromatic heterocycles. The van der Waals surface area contributed by atoms with Crippen LogP contribution in [-0.2, 0) is 4.79 Å². The summed E-state index contributed by atoms with van der Waals surface area (Å²) in [6, 6.07) is 15.0. The molecule has 0 aliphatic carbocycles. The van der Waals surface area contributed by atoms with Crippen LogP contribution in [0.25, 0.3) is 0 Å². The maximum Gasteiger partial charge on any atom is 0.262 e. The highest BCUT2D eigenvalue weighted by Crippen LogP contribution is 2.14. The number of anilines is 1. The average Bonchev–Trinajstić information content (AvgIpc) is 2.41. The summed E-state index contributed by atoms with van der Waals surface area (Å²) in [4.78, 5) is 11.7. The smallest absolute Gasteiger partial charge is 0.262 e. The van der Waals surface area contributed by atoms with Gasteiger partial charge in [0, 0.05) is 10.2 Å². The lowest BCUT2D eigenvalue weighted by Gasteiger charge is -2.07. The highest BCUT2D eigenvalue weighted by atomic mass is 79.9. The number of halogens is 1. The van der Waals surface area contributed by atoms with Crippen molar-refractivity contribution >= 4 is 27.5 Å². The summed E-state index contributed by atoms with van der Waals surface area (Å²) in [5.74, 6) is 0.513. The van der Waals surface area contributed by atoms with Crippen molar-refractivity contribution in [1.82, 2.24) is 0 Å². The highest BCUT2D eigenvalue weighted by Gasteiger charge is 2.03. The standard InChI is InChI=1S/C15H14BrNO2/c1-11-2-8-14(9-3-11)19-10-15(18)17-13-6-4-12(16)5-7-13/h2-9H,10H2,1H3,(H,17,18). The zero-order valence-corrected chi connectivity index (χ0v) is 12.1. The number of hydrogen-bond donors (Lipinski definition) is 1. The van der Waals surface area contributed by atoms with E-state index in [9.17, 15) is 4.79 Å². The van der Waals surface area contributed by atoms with Crippen LogP contribution in [0, 0.1) is 6.92 Å². The van der Waals surface area contributed by atoms with Crippen molar-refractivity contribution in [3.8, 4) is 5.75 Å². The predicted molar refractivity (Wildman–Crippen MR) is 79.4 cm³/mol. The molecular formula is C15H14BrNO2. The van der Waals surface area contributed by atoms with Crippen molar-refractivity contribution < 1.29 is 9.53 Å². The second-order valence-corrected chi connectivity index (χ2v) is 5.07. The Balaban J connectivity index is 1.84. The van der Waals surface area contributed by atoms with Crippen LogP contribution in [0.3, 0.4) is 0 Å². The van der Waals surface area contributed by atoms with Gasteiger partial charge < -0.3 is 10.1 Å². The summed E-state index contributed by atoms with van der Waals surface area (Å²) in [6.45, 7) is 2.00. The van der Waals surface area contributed by atoms with Crippen molar-refractivity contribution in [2.24, 2.45) is 0 Å². The number of carbonyl (C=O) groups is 1. The fourth-order valence-corrected chi connectivity index (χ4v) is 1.78. The SMILES string of the molecule is Cc1ccc(OCC(=O)Nc2ccc(Br)cc2)cc1. The molecule has 0 bridgehead atoms. The first-order chi connectivity index (χ1) is 9.13. The van der Waals surface area contributed by atoms with E-state index in [0.29, 0.717) is 5.75 Å². The van der Waals surface area contributed by atoms with E-state index in [1.54, 1.807) is 0 Å². The minimum absolute atomic E-state index is 0.000868. The normalized spacial score (nSPS) is 10.0. The molecule has 2 rings (SSSR count). The van der Waals surface area contributed by atoms with Gasteiger partial charge in [-0.3, -0.25) is 4.79 Å². The highest BCUT2D eigenvalue weighted by molar-refractivity contribution is 9.10. The fourth-order valence-electron chi connectivity index (χ4n) is 1.51. The van der Waals surface area contributed by atoms with Crippen LogP contribution in [0.4, 0.5) is 5.69 Å². The van der Waals surface area contributed by atoms with Crippen LogP contribution in [0.5, 0.6) is 5.75 Å². The summed E-state index contributed by atoms with van der Waals surface area (Å²) in [5.41, 5.74) is 1.91. The summed E-state index contributed by atoms with van der Waals surface area (Å²) < 4.78 is 6.37. The molecule has 4 heteroatoms. The first-order valence-electron chi connectivity index (χ1n) is 5.88. The molecule has 0 saturated carbocycles. The Bertz CT molecular complexity index is 549. The molecule has 0 fully saturated rings. The molecule has 0 saturated heterocycles. The molecule has 0 radical (unpaired) electrons. The molecular weight excluding hydrogens is 306 g/mol. The molecule has 1 amide bonds. The number of hydrogen-bond acceptors (Lipinski definition) is 2. The minimum atomic E-state index is -0.178. The van der Waals surface area contributed by atoms with Gasteiger partial charge in [-0.2, -0.15) is 0 Å². The van der Waals surface area contributed by atoms with E-state index < -0.39 is 0 Å². The first kappa shape index (κ1) is 13.6. The van der Waals surface area contributed by atoms with E-state index in [2.05, 4.69) is 21.2 Å². The molecule has 0 spiro atoms. The molecule has 0 aliphatic rings. The Kier molecular flexibility index (Phi) is 4.58. The van der Waals surface area contributed by atoms with Crippen LogP contribution in [-0.4, -0.2) is 12.5 Å². The molecule has 0 aliphatic heterocycles. The summed E-state index contributed by atoms with van der Waals surface area (Å²) in [6.07, 6.45) is 0. The van der Waals surface area contributed by atoms with Gasteiger partial charge in [0.2, 0.25) is 0 Å². The molecule has 0 unspecified atom stereocenters. The largest absolute Gasteiger partial charge is 0.484 e. The van der Waals surface area contributed by atoms with Crippen molar-refractivity contribution in [3.05, 3.63) is 58.6 Å². The van der Waals surface area contributed by atoms with Gasteiger partial charge in [0.1, 0.15) is 5.75 Å². The van der Waals surface area contributed by atoms with E-state index in [1.165, 1.54) is 0 Å². The van der Waals surface area contributed by atoms with Crippen LogP contribution in [0.2, 0.25) is 0 Å². The monoisotopic (exact) mass is 319 g/mol. The number of benzene rings is 2. The number of amides is 1. The summed E-state index contributed by atoms with van der Waals surface area (Å²) in [5, 5.41) is 2.77. The third-order valence-electron chi connectivity index (χ3n) is 2.52. The van der Waals surface area contributed by atoms with E-state index >= 15 is 0 Å². The minimum Gasteiger partial charge on any atom is -0.484 e. The number of rotatable bonds is 4. The van der Waals surface area contributed by atoms with Gasteiger partial charge in [-0.1, -0.05) is 33.6 Å². The fraction of sp³-hybridized carbons (Fsp3) is 0.133. The van der Waals surface area contributed by atoms with Gasteiger partial charge in [0.15, 0.2) is 6.61 Å². The third-order valence-corrected chi connectivity index (χ3v) is 3.05. The second kappa shape index (κ2) is 6.38. The Morgan fingerprint density at radius 3 is 2.37 bits per heavy atom. The van der Waals surface area contributed by atoms with Crippen molar-refractivity contribution in [2.45, 2.75) is 6.92 Å². The lowest BCUT2D eigenvalue weighted by atomic mass is 10.2. The summed E-state index contributed by atoms with van der Waals surface area (Å²) in [7, 11) is 0. The number of nitrogens with one attached hydrogen (secondary N) is 1. The first-order valence-corrected chi connectivity index (χ1v) is 6.68. The molecule has 19 heavy (non-hydrogen) atoms. The lowest BCUT2D eigenvalue weighted by Crippen LogP contribution is -2.20. The van der Waals surface area contributed by atoms with E-state index in [1.807, 2.05) is 55.5 Å². The topological polar surface area (TPSA) is 38.3 Å². The number of aryl methyl sites for hydroxylation is 1. The van der Waals surface area contributed by atoms with Gasteiger partial charge in [-0.05, 0) is 43.3 Å². The van der Waals surface area contributed by atoms with E-state index in [0.717, 1.165) is 15.7 Å². The van der Waals surface area contributed by atoms with Gasteiger partial charge in [-0.15, -0.1) is 0 Å². The maximum absolute atomic E-state index is 11.7. The van der Waals surface area contributed by atoms with Crippen molar-refractivity contribution in [3.63, 3.8) is 0 Å². The van der Waals surface area contributed by atoms with E-state index in [4.69, 9.17) is 4.74 Å². The molecule has 1 N–H and O–H groups in total. The van der Waals surface area contributed by atoms with Gasteiger partial charge in [0.05, 0.1) is 0 Å². The Morgan fingerprint density at radius 1 is 1.11 bits per heavy atom. The Morgan fingerprint density at radius 2 is 1.74 bits per heavy atom. The molecule has 3 nitrogen and oxygen atoms in total.